The Morgan fingerprint density at radius 1 is 1.53 bits per heavy atom. The molecule has 0 aliphatic heterocycles. The molecule has 0 spiro atoms. The molecule has 6 heteroatoms. The van der Waals surface area contributed by atoms with Crippen molar-refractivity contribution in [2.24, 2.45) is 0 Å². The third-order valence-electron chi connectivity index (χ3n) is 2.13. The zero-order valence-corrected chi connectivity index (χ0v) is 9.34. The van der Waals surface area contributed by atoms with Crippen LogP contribution in [-0.2, 0) is 4.79 Å². The lowest BCUT2D eigenvalue weighted by Crippen LogP contribution is -1.97. The van der Waals surface area contributed by atoms with Crippen LogP contribution in [0.3, 0.4) is 0 Å². The van der Waals surface area contributed by atoms with Gasteiger partial charge in [0.2, 0.25) is 0 Å². The number of carboxylic acid groups (broad SMARTS) is 1. The molecule has 0 aliphatic rings. The van der Waals surface area contributed by atoms with Crippen molar-refractivity contribution in [1.82, 2.24) is 0 Å². The van der Waals surface area contributed by atoms with Crippen LogP contribution < -0.4 is 4.74 Å². The Morgan fingerprint density at radius 3 is 2.65 bits per heavy atom. The number of hydrogen-bond acceptors (Lipinski definition) is 4. The monoisotopic (exact) mass is 237 g/mol. The Bertz CT molecular complexity index is 493. The van der Waals surface area contributed by atoms with E-state index in [4.69, 9.17) is 9.84 Å². The molecule has 1 N–H and O–H groups in total. The summed E-state index contributed by atoms with van der Waals surface area (Å²) in [6.07, 6.45) is 1.33. The summed E-state index contributed by atoms with van der Waals surface area (Å²) in [5.41, 5.74) is 0.320. The third-order valence-corrected chi connectivity index (χ3v) is 2.13. The number of methoxy groups -OCH3 is 1. The minimum absolute atomic E-state index is 0.0730. The number of rotatable bonds is 4. The first-order valence-corrected chi connectivity index (χ1v) is 4.69. The summed E-state index contributed by atoms with van der Waals surface area (Å²) in [6, 6.07) is 4.00. The van der Waals surface area contributed by atoms with Crippen LogP contribution in [0.1, 0.15) is 12.5 Å². The van der Waals surface area contributed by atoms with Gasteiger partial charge < -0.3 is 9.84 Å². The van der Waals surface area contributed by atoms with Gasteiger partial charge in [0.05, 0.1) is 12.0 Å². The van der Waals surface area contributed by atoms with Gasteiger partial charge in [-0.05, 0) is 19.1 Å². The number of hydrogen-bond donors (Lipinski definition) is 1. The van der Waals surface area contributed by atoms with Crippen LogP contribution >= 0.6 is 0 Å². The van der Waals surface area contributed by atoms with E-state index in [9.17, 15) is 14.9 Å². The van der Waals surface area contributed by atoms with Crippen molar-refractivity contribution in [3.05, 3.63) is 39.4 Å². The van der Waals surface area contributed by atoms with Crippen LogP contribution in [0.2, 0.25) is 0 Å². The van der Waals surface area contributed by atoms with Gasteiger partial charge in [0.15, 0.2) is 0 Å². The number of non-ortho nitro benzene ring substituents is 1. The predicted molar refractivity (Wildman–Crippen MR) is 60.9 cm³/mol. The molecule has 0 radical (unpaired) electrons. The van der Waals surface area contributed by atoms with Gasteiger partial charge in [0.25, 0.3) is 5.69 Å². The summed E-state index contributed by atoms with van der Waals surface area (Å²) >= 11 is 0. The Morgan fingerprint density at radius 2 is 2.18 bits per heavy atom. The highest BCUT2D eigenvalue weighted by Gasteiger charge is 2.11. The zero-order valence-electron chi connectivity index (χ0n) is 9.34. The number of aliphatic carboxylic acids is 1. The lowest BCUT2D eigenvalue weighted by Gasteiger charge is -2.04. The van der Waals surface area contributed by atoms with Crippen molar-refractivity contribution in [1.29, 1.82) is 0 Å². The molecule has 0 saturated carbocycles. The van der Waals surface area contributed by atoms with E-state index in [-0.39, 0.29) is 11.3 Å². The molecular weight excluding hydrogens is 226 g/mol. The number of ether oxygens (including phenoxy) is 1. The molecule has 0 amide bonds. The summed E-state index contributed by atoms with van der Waals surface area (Å²) in [4.78, 5) is 20.7. The fourth-order valence-corrected chi connectivity index (χ4v) is 1.24. The van der Waals surface area contributed by atoms with Gasteiger partial charge in [-0.2, -0.15) is 0 Å². The second kappa shape index (κ2) is 5.11. The first kappa shape index (κ1) is 12.7. The standard InChI is InChI=1S/C11H11NO5/c1-7(11(13)14)5-8-6-9(12(15)16)3-4-10(8)17-2/h3-6H,1-2H3,(H,13,14)/b7-5+. The number of carbonyl (C=O) groups is 1. The first-order chi connectivity index (χ1) is 7.95. The van der Waals surface area contributed by atoms with Crippen molar-refractivity contribution in [3.8, 4) is 5.75 Å². The summed E-state index contributed by atoms with van der Waals surface area (Å²) in [5, 5.41) is 19.3. The quantitative estimate of drug-likeness (QED) is 0.492. The Hall–Kier alpha value is -2.37. The number of carboxylic acids is 1. The van der Waals surface area contributed by atoms with Crippen LogP contribution in [0.15, 0.2) is 23.8 Å². The molecule has 0 saturated heterocycles. The third kappa shape index (κ3) is 3.04. The van der Waals surface area contributed by atoms with Gasteiger partial charge in [-0.15, -0.1) is 0 Å². The van der Waals surface area contributed by atoms with Crippen LogP contribution in [0.5, 0.6) is 5.75 Å². The van der Waals surface area contributed by atoms with Crippen LogP contribution in [0, 0.1) is 10.1 Å². The maximum atomic E-state index is 10.7. The maximum absolute atomic E-state index is 10.7. The molecular formula is C11H11NO5. The van der Waals surface area contributed by atoms with Crippen LogP contribution in [0.25, 0.3) is 6.08 Å². The SMILES string of the molecule is COc1ccc([N+](=O)[O-])cc1/C=C(\C)C(=O)O. The molecule has 0 bridgehead atoms. The molecule has 0 atom stereocenters. The average Bonchev–Trinajstić information content (AvgIpc) is 2.28. The van der Waals surface area contributed by atoms with Crippen molar-refractivity contribution in [2.45, 2.75) is 6.92 Å². The maximum Gasteiger partial charge on any atom is 0.331 e. The smallest absolute Gasteiger partial charge is 0.331 e. The lowest BCUT2D eigenvalue weighted by molar-refractivity contribution is -0.384. The Kier molecular flexibility index (Phi) is 3.82. The van der Waals surface area contributed by atoms with E-state index >= 15 is 0 Å². The van der Waals surface area contributed by atoms with E-state index in [1.165, 1.54) is 38.3 Å². The van der Waals surface area contributed by atoms with Gasteiger partial charge in [-0.3, -0.25) is 10.1 Å². The normalized spacial score (nSPS) is 11.1. The fourth-order valence-electron chi connectivity index (χ4n) is 1.24. The summed E-state index contributed by atoms with van der Waals surface area (Å²) < 4.78 is 5.00. The fraction of sp³-hybridized carbons (Fsp3) is 0.182. The number of nitrogens with zero attached hydrogens (tertiary/aromatic N) is 1. The van der Waals surface area contributed by atoms with E-state index in [2.05, 4.69) is 0 Å². The molecule has 6 nitrogen and oxygen atoms in total. The van der Waals surface area contributed by atoms with E-state index < -0.39 is 10.9 Å². The molecule has 0 aromatic heterocycles. The second-order valence-corrected chi connectivity index (χ2v) is 3.32. The van der Waals surface area contributed by atoms with Gasteiger partial charge in [-0.1, -0.05) is 0 Å². The van der Waals surface area contributed by atoms with Crippen molar-refractivity contribution >= 4 is 17.7 Å². The summed E-state index contributed by atoms with van der Waals surface area (Å²) in [6.45, 7) is 1.40. The van der Waals surface area contributed by atoms with Crippen LogP contribution in [-0.4, -0.2) is 23.1 Å². The number of nitro benzene ring substituents is 1. The molecule has 1 aromatic rings. The van der Waals surface area contributed by atoms with Crippen molar-refractivity contribution in [3.63, 3.8) is 0 Å². The average molecular weight is 237 g/mol. The van der Waals surface area contributed by atoms with Crippen molar-refractivity contribution in [2.75, 3.05) is 7.11 Å². The first-order valence-electron chi connectivity index (χ1n) is 4.69. The molecule has 17 heavy (non-hydrogen) atoms. The largest absolute Gasteiger partial charge is 0.496 e. The lowest BCUT2D eigenvalue weighted by atomic mass is 10.1. The highest BCUT2D eigenvalue weighted by atomic mass is 16.6. The molecule has 0 unspecified atom stereocenters. The zero-order chi connectivity index (χ0) is 13.0. The Balaban J connectivity index is 3.28. The van der Waals surface area contributed by atoms with E-state index in [0.29, 0.717) is 11.3 Å². The minimum Gasteiger partial charge on any atom is -0.496 e. The summed E-state index contributed by atoms with van der Waals surface area (Å²) in [7, 11) is 1.41. The second-order valence-electron chi connectivity index (χ2n) is 3.32. The van der Waals surface area contributed by atoms with E-state index in [0.717, 1.165) is 0 Å². The van der Waals surface area contributed by atoms with Crippen LogP contribution in [0.4, 0.5) is 5.69 Å². The van der Waals surface area contributed by atoms with Gasteiger partial charge >= 0.3 is 5.97 Å². The Labute approximate surface area is 97.3 Å². The molecule has 1 aromatic carbocycles. The van der Waals surface area contributed by atoms with E-state index in [1.807, 2.05) is 0 Å². The molecule has 0 fully saturated rings. The number of benzene rings is 1. The van der Waals surface area contributed by atoms with Crippen molar-refractivity contribution < 1.29 is 19.6 Å². The molecule has 1 rings (SSSR count). The van der Waals surface area contributed by atoms with E-state index in [1.54, 1.807) is 0 Å². The minimum atomic E-state index is -1.08. The topological polar surface area (TPSA) is 89.7 Å². The van der Waals surface area contributed by atoms with Gasteiger partial charge in [-0.25, -0.2) is 4.79 Å². The predicted octanol–water partition coefficient (Wildman–Crippen LogP) is 2.09. The molecule has 90 valence electrons. The number of nitro groups is 1. The summed E-state index contributed by atoms with van der Waals surface area (Å²) in [5.74, 6) is -0.699. The molecule has 0 heterocycles. The van der Waals surface area contributed by atoms with Gasteiger partial charge in [0.1, 0.15) is 5.75 Å². The molecule has 0 aliphatic carbocycles. The highest BCUT2D eigenvalue weighted by molar-refractivity contribution is 5.92. The van der Waals surface area contributed by atoms with Gasteiger partial charge in [0, 0.05) is 23.3 Å². The highest BCUT2D eigenvalue weighted by Crippen LogP contribution is 2.26.